The van der Waals surface area contributed by atoms with E-state index in [1.54, 1.807) is 18.2 Å². The quantitative estimate of drug-likeness (QED) is 0.563. The third-order valence-electron chi connectivity index (χ3n) is 3.57. The highest BCUT2D eigenvalue weighted by Crippen LogP contribution is 2.32. The van der Waals surface area contributed by atoms with Crippen molar-refractivity contribution in [2.75, 3.05) is 0 Å². The van der Waals surface area contributed by atoms with Crippen LogP contribution in [0.1, 0.15) is 11.1 Å². The number of hydrogen-bond acceptors (Lipinski definition) is 3. The first kappa shape index (κ1) is 18.0. The third kappa shape index (κ3) is 4.42. The zero-order valence-electron chi connectivity index (χ0n) is 13.0. The smallest absolute Gasteiger partial charge is 0.268 e. The Morgan fingerprint density at radius 2 is 1.80 bits per heavy atom. The van der Waals surface area contributed by atoms with E-state index in [2.05, 4.69) is 15.9 Å². The van der Waals surface area contributed by atoms with E-state index in [0.29, 0.717) is 9.93 Å². The molecule has 2 aromatic rings. The molecule has 0 N–H and O–H groups in total. The first-order chi connectivity index (χ1) is 12.0. The Morgan fingerprint density at radius 1 is 1.08 bits per heavy atom. The third-order valence-corrected chi connectivity index (χ3v) is 5.39. The summed E-state index contributed by atoms with van der Waals surface area (Å²) in [6, 6.07) is 15.0. The van der Waals surface area contributed by atoms with Crippen LogP contribution in [0.5, 0.6) is 0 Å². The van der Waals surface area contributed by atoms with Crippen molar-refractivity contribution in [3.8, 4) is 0 Å². The summed E-state index contributed by atoms with van der Waals surface area (Å²) in [5.74, 6) is -0.296. The second kappa shape index (κ2) is 8.04. The molecule has 1 heterocycles. The standard InChI is InChI=1S/C19H13BrClNO2S/c20-15-10-8-13(9-11-15)4-3-7-17-18(23)22(19(24)25-17)12-14-5-1-2-6-16(14)21/h1-11H,12H2/b4-3+,17-7-. The van der Waals surface area contributed by atoms with Gasteiger partial charge in [0.25, 0.3) is 11.1 Å². The van der Waals surface area contributed by atoms with E-state index in [0.717, 1.165) is 27.4 Å². The number of benzene rings is 2. The van der Waals surface area contributed by atoms with E-state index in [9.17, 15) is 9.59 Å². The number of allylic oxidation sites excluding steroid dienone is 2. The van der Waals surface area contributed by atoms with Gasteiger partial charge in [-0.25, -0.2) is 0 Å². The number of thioether (sulfide) groups is 1. The van der Waals surface area contributed by atoms with Gasteiger partial charge < -0.3 is 0 Å². The fourth-order valence-electron chi connectivity index (χ4n) is 2.27. The summed E-state index contributed by atoms with van der Waals surface area (Å²) in [4.78, 5) is 26.2. The summed E-state index contributed by atoms with van der Waals surface area (Å²) >= 11 is 10.4. The molecule has 6 heteroatoms. The second-order valence-corrected chi connectivity index (χ2v) is 7.61. The minimum absolute atomic E-state index is 0.179. The van der Waals surface area contributed by atoms with Crippen LogP contribution in [0.15, 0.2) is 70.1 Å². The zero-order valence-corrected chi connectivity index (χ0v) is 16.1. The second-order valence-electron chi connectivity index (χ2n) is 5.29. The van der Waals surface area contributed by atoms with E-state index in [1.807, 2.05) is 48.5 Å². The number of imide groups is 1. The maximum Gasteiger partial charge on any atom is 0.293 e. The van der Waals surface area contributed by atoms with Crippen LogP contribution in [0.2, 0.25) is 5.02 Å². The van der Waals surface area contributed by atoms with Gasteiger partial charge in [-0.2, -0.15) is 0 Å². The highest BCUT2D eigenvalue weighted by molar-refractivity contribution is 9.10. The molecule has 0 unspecified atom stereocenters. The summed E-state index contributed by atoms with van der Waals surface area (Å²) in [7, 11) is 0. The van der Waals surface area contributed by atoms with Gasteiger partial charge in [0.05, 0.1) is 11.4 Å². The molecule has 0 spiro atoms. The monoisotopic (exact) mass is 433 g/mol. The van der Waals surface area contributed by atoms with Crippen LogP contribution in [0.25, 0.3) is 6.08 Å². The van der Waals surface area contributed by atoms with E-state index < -0.39 is 0 Å². The molecule has 1 saturated heterocycles. The zero-order chi connectivity index (χ0) is 17.8. The van der Waals surface area contributed by atoms with Crippen LogP contribution in [0.3, 0.4) is 0 Å². The molecule has 0 aromatic heterocycles. The Labute approximate surface area is 163 Å². The van der Waals surface area contributed by atoms with Crippen LogP contribution >= 0.6 is 39.3 Å². The lowest BCUT2D eigenvalue weighted by atomic mass is 10.2. The van der Waals surface area contributed by atoms with E-state index in [-0.39, 0.29) is 17.7 Å². The first-order valence-electron chi connectivity index (χ1n) is 7.45. The van der Waals surface area contributed by atoms with Crippen LogP contribution in [0, 0.1) is 0 Å². The summed E-state index contributed by atoms with van der Waals surface area (Å²) in [6.45, 7) is 0.179. The Kier molecular flexibility index (Phi) is 5.78. The number of hydrogen-bond donors (Lipinski definition) is 0. The number of nitrogens with zero attached hydrogens (tertiary/aromatic N) is 1. The Balaban J connectivity index is 1.72. The summed E-state index contributed by atoms with van der Waals surface area (Å²) < 4.78 is 1.00. The van der Waals surface area contributed by atoms with E-state index in [4.69, 9.17) is 11.6 Å². The first-order valence-corrected chi connectivity index (χ1v) is 9.44. The number of amides is 2. The van der Waals surface area contributed by atoms with Gasteiger partial charge in [0, 0.05) is 9.50 Å². The lowest BCUT2D eigenvalue weighted by Gasteiger charge is -2.13. The maximum atomic E-state index is 12.5. The maximum absolute atomic E-state index is 12.5. The number of halogens is 2. The molecular weight excluding hydrogens is 422 g/mol. The minimum Gasteiger partial charge on any atom is -0.268 e. The van der Waals surface area contributed by atoms with Crippen molar-refractivity contribution in [2.24, 2.45) is 0 Å². The average molecular weight is 435 g/mol. The van der Waals surface area contributed by atoms with Crippen LogP contribution in [-0.4, -0.2) is 16.0 Å². The van der Waals surface area contributed by atoms with E-state index >= 15 is 0 Å². The van der Waals surface area contributed by atoms with Gasteiger partial charge >= 0.3 is 0 Å². The molecule has 1 aliphatic rings. The molecule has 0 saturated carbocycles. The molecule has 25 heavy (non-hydrogen) atoms. The van der Waals surface area contributed by atoms with Crippen LogP contribution in [0.4, 0.5) is 4.79 Å². The molecule has 0 radical (unpaired) electrons. The van der Waals surface area contributed by atoms with Crippen molar-refractivity contribution in [3.05, 3.63) is 86.2 Å². The molecule has 1 aliphatic heterocycles. The number of rotatable bonds is 4. The average Bonchev–Trinajstić information content (AvgIpc) is 2.86. The predicted molar refractivity (Wildman–Crippen MR) is 106 cm³/mol. The van der Waals surface area contributed by atoms with Crippen molar-refractivity contribution in [2.45, 2.75) is 6.54 Å². The molecule has 0 aliphatic carbocycles. The van der Waals surface area contributed by atoms with Gasteiger partial charge in [-0.15, -0.1) is 0 Å². The van der Waals surface area contributed by atoms with Gasteiger partial charge in [0.2, 0.25) is 0 Å². The molecule has 2 aromatic carbocycles. The minimum atomic E-state index is -0.296. The van der Waals surface area contributed by atoms with E-state index in [1.165, 1.54) is 4.90 Å². The Morgan fingerprint density at radius 3 is 2.52 bits per heavy atom. The molecule has 3 nitrogen and oxygen atoms in total. The van der Waals surface area contributed by atoms with Crippen molar-refractivity contribution in [1.82, 2.24) is 4.90 Å². The molecule has 3 rings (SSSR count). The van der Waals surface area contributed by atoms with Gasteiger partial charge in [-0.1, -0.05) is 70.0 Å². The lowest BCUT2D eigenvalue weighted by Crippen LogP contribution is -2.27. The largest absolute Gasteiger partial charge is 0.293 e. The fraction of sp³-hybridized carbons (Fsp3) is 0.0526. The topological polar surface area (TPSA) is 37.4 Å². The normalized spacial score (nSPS) is 16.4. The van der Waals surface area contributed by atoms with Crippen molar-refractivity contribution in [1.29, 1.82) is 0 Å². The fourth-order valence-corrected chi connectivity index (χ4v) is 3.52. The Hall–Kier alpha value is -1.82. The van der Waals surface area contributed by atoms with Crippen LogP contribution < -0.4 is 0 Å². The molecule has 2 amide bonds. The number of carbonyl (C=O) groups is 2. The lowest BCUT2D eigenvalue weighted by molar-refractivity contribution is -0.123. The summed E-state index contributed by atoms with van der Waals surface area (Å²) in [6.07, 6.45) is 5.32. The summed E-state index contributed by atoms with van der Waals surface area (Å²) in [5.41, 5.74) is 1.76. The molecular formula is C19H13BrClNO2S. The SMILES string of the molecule is O=C1S/C(=C\C=C\c2ccc(Br)cc2)C(=O)N1Cc1ccccc1Cl. The molecule has 126 valence electrons. The predicted octanol–water partition coefficient (Wildman–Crippen LogP) is 5.90. The van der Waals surface area contributed by atoms with Gasteiger partial charge in [0.15, 0.2) is 0 Å². The van der Waals surface area contributed by atoms with Gasteiger partial charge in [0.1, 0.15) is 0 Å². The molecule has 0 atom stereocenters. The summed E-state index contributed by atoms with van der Waals surface area (Å²) in [5, 5.41) is 0.258. The van der Waals surface area contributed by atoms with Crippen molar-refractivity contribution >= 4 is 56.5 Å². The van der Waals surface area contributed by atoms with Crippen molar-refractivity contribution < 1.29 is 9.59 Å². The van der Waals surface area contributed by atoms with Gasteiger partial charge in [-0.05, 0) is 47.2 Å². The molecule has 1 fully saturated rings. The van der Waals surface area contributed by atoms with Crippen molar-refractivity contribution in [3.63, 3.8) is 0 Å². The number of carbonyl (C=O) groups excluding carboxylic acids is 2. The highest BCUT2D eigenvalue weighted by Gasteiger charge is 2.34. The molecule has 0 bridgehead atoms. The Bertz CT molecular complexity index is 877. The van der Waals surface area contributed by atoms with Crippen LogP contribution in [-0.2, 0) is 11.3 Å². The van der Waals surface area contributed by atoms with Gasteiger partial charge in [-0.3, -0.25) is 14.5 Å². The highest BCUT2D eigenvalue weighted by atomic mass is 79.9.